The quantitative estimate of drug-likeness (QED) is 0.404. The third-order valence-corrected chi connectivity index (χ3v) is 0. The van der Waals surface area contributed by atoms with Crippen LogP contribution in [0, 0.1) is 0 Å². The van der Waals surface area contributed by atoms with Gasteiger partial charge in [0.25, 0.3) is 0 Å². The van der Waals surface area contributed by atoms with Crippen LogP contribution < -0.4 is 0 Å². The first-order chi connectivity index (χ1) is 0. The zero-order valence-corrected chi connectivity index (χ0v) is 12.3. The van der Waals surface area contributed by atoms with Crippen LogP contribution in [-0.4, -0.2) is 85.9 Å². The molecule has 46 valence electrons. The molecule has 0 bridgehead atoms. The summed E-state index contributed by atoms with van der Waals surface area (Å²) in [5.41, 5.74) is 0. The van der Waals surface area contributed by atoms with Gasteiger partial charge in [0.15, 0.2) is 0 Å². The van der Waals surface area contributed by atoms with Crippen molar-refractivity contribution in [3.8, 4) is 0 Å². The van der Waals surface area contributed by atoms with Crippen LogP contribution in [0.5, 0.6) is 0 Å². The van der Waals surface area contributed by atoms with Crippen LogP contribution in [0.25, 0.3) is 0 Å². The molecule has 0 unspecified atom stereocenters. The van der Waals surface area contributed by atoms with Gasteiger partial charge >= 0.3 is 34.7 Å². The van der Waals surface area contributed by atoms with Gasteiger partial charge in [-0.25, -0.2) is 0 Å². The van der Waals surface area contributed by atoms with Crippen molar-refractivity contribution >= 4 is 85.9 Å². The molecule has 0 aromatic heterocycles. The predicted octanol–water partition coefficient (Wildman–Crippen LogP) is -1.91. The van der Waals surface area contributed by atoms with E-state index >= 15 is 0 Å². The Morgan fingerprint density at radius 2 is 0.429 bits per heavy atom. The summed E-state index contributed by atoms with van der Waals surface area (Å²) in [5.74, 6) is 0. The van der Waals surface area contributed by atoms with E-state index < -0.39 is 0 Å². The molecular weight excluding hydrogens is 418 g/mol. The maximum atomic E-state index is 0. The van der Waals surface area contributed by atoms with E-state index in [1.54, 1.807) is 0 Å². The molecule has 0 saturated carbocycles. The van der Waals surface area contributed by atoms with Crippen LogP contribution in [0.15, 0.2) is 0 Å². The fourth-order valence-electron chi connectivity index (χ4n) is 0. The molecule has 0 spiro atoms. The second-order valence-electron chi connectivity index (χ2n) is 0. The SMILES string of the molecule is [Al+3].[Al+3].[Cu].[Cu].[Se-2].[Se-2].[Se-2]. The van der Waals surface area contributed by atoms with E-state index in [1.165, 1.54) is 0 Å². The van der Waals surface area contributed by atoms with Gasteiger partial charge in [-0.3, -0.25) is 0 Å². The van der Waals surface area contributed by atoms with E-state index in [2.05, 4.69) is 0 Å². The van der Waals surface area contributed by atoms with E-state index in [9.17, 15) is 0 Å². The Hall–Kier alpha value is 3.66. The van der Waals surface area contributed by atoms with E-state index in [1.807, 2.05) is 0 Å². The summed E-state index contributed by atoms with van der Waals surface area (Å²) >= 11 is 0. The largest absolute Gasteiger partial charge is 3.00 e. The molecule has 0 aliphatic rings. The van der Waals surface area contributed by atoms with E-state index in [0.717, 1.165) is 0 Å². The first-order valence-electron chi connectivity index (χ1n) is 0. The topological polar surface area (TPSA) is 0 Å². The minimum absolute atomic E-state index is 0. The van der Waals surface area contributed by atoms with Crippen molar-refractivity contribution < 1.29 is 34.1 Å². The smallest absolute Gasteiger partial charge is 2.00 e. The average molecular weight is 418 g/mol. The van der Waals surface area contributed by atoms with Gasteiger partial charge in [0.1, 0.15) is 0 Å². The van der Waals surface area contributed by atoms with E-state index in [0.29, 0.717) is 0 Å². The second-order valence-corrected chi connectivity index (χ2v) is 0. The van der Waals surface area contributed by atoms with Gasteiger partial charge in [-0.2, -0.15) is 0 Å². The molecule has 0 rings (SSSR count). The predicted molar refractivity (Wildman–Crippen MR) is 28.8 cm³/mol. The molecule has 0 amide bonds. The molecule has 0 nitrogen and oxygen atoms in total. The van der Waals surface area contributed by atoms with Gasteiger partial charge in [0.05, 0.1) is 0 Å². The zero-order chi connectivity index (χ0) is 0. The third kappa shape index (κ3) is 42.3. The molecule has 0 aromatic carbocycles. The zero-order valence-electron chi connectivity index (χ0n) is 2.98. The number of rotatable bonds is 0. The molecule has 7 heteroatoms. The van der Waals surface area contributed by atoms with Crippen molar-refractivity contribution in [1.82, 2.24) is 0 Å². The Morgan fingerprint density at radius 1 is 0.429 bits per heavy atom. The fourth-order valence-corrected chi connectivity index (χ4v) is 0. The summed E-state index contributed by atoms with van der Waals surface area (Å²) in [4.78, 5) is 0. The Morgan fingerprint density at radius 3 is 0.429 bits per heavy atom. The molecule has 0 aromatic rings. The van der Waals surface area contributed by atoms with Gasteiger partial charge in [-0.05, 0) is 0 Å². The molecular formula is Al2Cu2Se3. The Bertz CT molecular complexity index is 10.9. The monoisotopic (exact) mass is 420 g/mol. The van der Waals surface area contributed by atoms with Gasteiger partial charge in [0, 0.05) is 34.1 Å². The van der Waals surface area contributed by atoms with Crippen LogP contribution >= 0.6 is 0 Å². The standard InChI is InChI=1S/2Al.2Cu.3Se/q2*+3;;;3*-2. The third-order valence-electron chi connectivity index (χ3n) is 0. The molecule has 0 atom stereocenters. The first-order valence-corrected chi connectivity index (χ1v) is 0. The van der Waals surface area contributed by atoms with Crippen LogP contribution in [0.3, 0.4) is 0 Å². The molecule has 0 aliphatic carbocycles. The van der Waals surface area contributed by atoms with Crippen molar-refractivity contribution in [2.45, 2.75) is 0 Å². The van der Waals surface area contributed by atoms with Crippen LogP contribution in [0.1, 0.15) is 0 Å². The number of hydrogen-bond acceptors (Lipinski definition) is 0. The van der Waals surface area contributed by atoms with Crippen molar-refractivity contribution in [3.05, 3.63) is 0 Å². The van der Waals surface area contributed by atoms with Gasteiger partial charge in [0.2, 0.25) is 0 Å². The Labute approximate surface area is 118 Å². The minimum Gasteiger partial charge on any atom is -2.00 e. The maximum absolute atomic E-state index is 0. The summed E-state index contributed by atoms with van der Waals surface area (Å²) < 4.78 is 0. The molecule has 0 N–H and O–H groups in total. The van der Waals surface area contributed by atoms with Crippen LogP contribution in [0.4, 0.5) is 0 Å². The van der Waals surface area contributed by atoms with Crippen molar-refractivity contribution in [1.29, 1.82) is 0 Å². The molecule has 2 radical (unpaired) electrons. The Balaban J connectivity index is 0. The van der Waals surface area contributed by atoms with Gasteiger partial charge in [-0.15, -0.1) is 0 Å². The summed E-state index contributed by atoms with van der Waals surface area (Å²) in [5, 5.41) is 0. The normalized spacial score (nSPS) is 0. The maximum Gasteiger partial charge on any atom is 3.00 e. The molecule has 7 heavy (non-hydrogen) atoms. The first kappa shape index (κ1) is 74.2. The Kier molecular flexibility index (Phi) is 573. The van der Waals surface area contributed by atoms with Crippen LogP contribution in [-0.2, 0) is 34.1 Å². The van der Waals surface area contributed by atoms with Gasteiger partial charge < -0.3 is 51.2 Å². The summed E-state index contributed by atoms with van der Waals surface area (Å²) in [6.45, 7) is 0. The second kappa shape index (κ2) is 54.1. The minimum atomic E-state index is 0. The molecule has 0 heterocycles. The number of hydrogen-bond donors (Lipinski definition) is 0. The van der Waals surface area contributed by atoms with E-state index in [-0.39, 0.29) is 120 Å². The molecule has 0 aliphatic heterocycles. The average Bonchev–Trinajstić information content (AvgIpc) is 0. The van der Waals surface area contributed by atoms with E-state index in [4.69, 9.17) is 0 Å². The van der Waals surface area contributed by atoms with Gasteiger partial charge in [-0.1, -0.05) is 0 Å². The molecule has 0 fully saturated rings. The van der Waals surface area contributed by atoms with Crippen LogP contribution in [0.2, 0.25) is 0 Å². The van der Waals surface area contributed by atoms with Crippen molar-refractivity contribution in [3.63, 3.8) is 0 Å². The summed E-state index contributed by atoms with van der Waals surface area (Å²) in [6, 6.07) is 0. The molecule has 0 saturated heterocycles. The fraction of sp³-hybridized carbons (Fsp3) is 0. The van der Waals surface area contributed by atoms with Crippen molar-refractivity contribution in [2.24, 2.45) is 0 Å². The summed E-state index contributed by atoms with van der Waals surface area (Å²) in [7, 11) is 0. The summed E-state index contributed by atoms with van der Waals surface area (Å²) in [6.07, 6.45) is 0. The van der Waals surface area contributed by atoms with Crippen molar-refractivity contribution in [2.75, 3.05) is 0 Å².